The normalized spacial score (nSPS) is 13.0. The van der Waals surface area contributed by atoms with Gasteiger partial charge in [-0.25, -0.2) is 13.2 Å². The number of sulfonamides is 1. The van der Waals surface area contributed by atoms with E-state index in [1.165, 1.54) is 0 Å². The van der Waals surface area contributed by atoms with Crippen LogP contribution in [0.3, 0.4) is 0 Å². The molecule has 0 saturated carbocycles. The highest BCUT2D eigenvalue weighted by Crippen LogP contribution is 2.00. The number of hydrazone groups is 1. The van der Waals surface area contributed by atoms with Gasteiger partial charge in [0.1, 0.15) is 0 Å². The van der Waals surface area contributed by atoms with E-state index in [0.717, 1.165) is 11.8 Å². The van der Waals surface area contributed by atoms with Gasteiger partial charge in [0.05, 0.1) is 12.0 Å². The van der Waals surface area contributed by atoms with Crippen molar-refractivity contribution in [3.63, 3.8) is 0 Å². The first kappa shape index (κ1) is 12.4. The molecule has 0 amide bonds. The zero-order valence-electron chi connectivity index (χ0n) is 9.21. The lowest BCUT2D eigenvalue weighted by molar-refractivity contribution is 0.590. The molecule has 0 aromatic heterocycles. The van der Waals surface area contributed by atoms with Gasteiger partial charge in [-0.3, -0.25) is 0 Å². The van der Waals surface area contributed by atoms with E-state index in [0.29, 0.717) is 5.71 Å². The van der Waals surface area contributed by atoms with Crippen LogP contribution in [0.15, 0.2) is 41.5 Å². The topological polar surface area (TPSA) is 58.5 Å². The van der Waals surface area contributed by atoms with Crippen molar-refractivity contribution in [2.75, 3.05) is 6.26 Å². The number of rotatable bonds is 4. The second-order valence-corrected chi connectivity index (χ2v) is 5.09. The van der Waals surface area contributed by atoms with E-state index in [2.05, 4.69) is 9.93 Å². The van der Waals surface area contributed by atoms with Crippen LogP contribution in [0.5, 0.6) is 0 Å². The molecular weight excluding hydrogens is 224 g/mol. The molecule has 0 bridgehead atoms. The van der Waals surface area contributed by atoms with Crippen LogP contribution in [0, 0.1) is 0 Å². The van der Waals surface area contributed by atoms with E-state index < -0.39 is 10.0 Å². The second-order valence-electron chi connectivity index (χ2n) is 3.36. The van der Waals surface area contributed by atoms with E-state index in [9.17, 15) is 8.42 Å². The number of hydrogen-bond acceptors (Lipinski definition) is 3. The van der Waals surface area contributed by atoms with Crippen molar-refractivity contribution in [3.05, 3.63) is 42.0 Å². The maximum atomic E-state index is 10.8. The predicted octanol–water partition coefficient (Wildman–Crippen LogP) is 1.62. The number of nitrogens with one attached hydrogen (secondary N) is 1. The zero-order valence-corrected chi connectivity index (χ0v) is 10.0. The molecule has 5 heteroatoms. The largest absolute Gasteiger partial charge is 0.244 e. The Morgan fingerprint density at radius 3 is 2.50 bits per heavy atom. The lowest BCUT2D eigenvalue weighted by Crippen LogP contribution is -2.16. The molecule has 86 valence electrons. The molecule has 1 aromatic carbocycles. The molecule has 0 aliphatic heterocycles. The van der Waals surface area contributed by atoms with Gasteiger partial charge >= 0.3 is 0 Å². The molecule has 4 nitrogen and oxygen atoms in total. The summed E-state index contributed by atoms with van der Waals surface area (Å²) in [5.41, 5.74) is 1.63. The van der Waals surface area contributed by atoms with Crippen LogP contribution in [0.1, 0.15) is 12.5 Å². The predicted molar refractivity (Wildman–Crippen MR) is 66.6 cm³/mol. The van der Waals surface area contributed by atoms with Gasteiger partial charge in [-0.2, -0.15) is 5.10 Å². The van der Waals surface area contributed by atoms with Crippen molar-refractivity contribution in [2.24, 2.45) is 5.10 Å². The summed E-state index contributed by atoms with van der Waals surface area (Å²) in [4.78, 5) is 2.07. The molecule has 0 radical (unpaired) electrons. The number of hydrogen-bond donors (Lipinski definition) is 1. The summed E-state index contributed by atoms with van der Waals surface area (Å²) >= 11 is 0. The number of benzene rings is 1. The molecular formula is C11H14N2O2S. The molecule has 16 heavy (non-hydrogen) atoms. The Morgan fingerprint density at radius 2 is 1.94 bits per heavy atom. The summed E-state index contributed by atoms with van der Waals surface area (Å²) in [7, 11) is -3.27. The third-order valence-corrected chi connectivity index (χ3v) is 2.13. The third-order valence-electron chi connectivity index (χ3n) is 1.70. The average molecular weight is 238 g/mol. The molecule has 0 heterocycles. The summed E-state index contributed by atoms with van der Waals surface area (Å²) in [5.74, 6) is 0. The van der Waals surface area contributed by atoms with Crippen molar-refractivity contribution in [1.29, 1.82) is 0 Å². The highest BCUT2D eigenvalue weighted by atomic mass is 32.2. The second kappa shape index (κ2) is 5.46. The molecule has 0 aliphatic carbocycles. The minimum atomic E-state index is -3.27. The van der Waals surface area contributed by atoms with Crippen molar-refractivity contribution in [2.45, 2.75) is 6.92 Å². The number of allylic oxidation sites excluding steroid dienone is 1. The Bertz CT molecular complexity index is 490. The van der Waals surface area contributed by atoms with Gasteiger partial charge in [0.15, 0.2) is 0 Å². The zero-order chi connectivity index (χ0) is 12.0. The Morgan fingerprint density at radius 1 is 1.31 bits per heavy atom. The summed E-state index contributed by atoms with van der Waals surface area (Å²) in [6.45, 7) is 1.72. The Balaban J connectivity index is 2.65. The first-order valence-corrected chi connectivity index (χ1v) is 6.61. The van der Waals surface area contributed by atoms with Gasteiger partial charge in [0.2, 0.25) is 10.0 Å². The highest BCUT2D eigenvalue weighted by Gasteiger charge is 1.95. The summed E-state index contributed by atoms with van der Waals surface area (Å²) in [6.07, 6.45) is 4.67. The fourth-order valence-corrected chi connectivity index (χ4v) is 1.28. The molecule has 1 rings (SSSR count). The molecule has 1 aromatic rings. The molecule has 0 fully saturated rings. The van der Waals surface area contributed by atoms with Crippen molar-refractivity contribution < 1.29 is 8.42 Å². The van der Waals surface area contributed by atoms with Crippen molar-refractivity contribution >= 4 is 21.8 Å². The summed E-state index contributed by atoms with van der Waals surface area (Å²) < 4.78 is 21.5. The number of nitrogens with zero attached hydrogens (tertiary/aromatic N) is 1. The fourth-order valence-electron chi connectivity index (χ4n) is 0.973. The maximum Gasteiger partial charge on any atom is 0.244 e. The lowest BCUT2D eigenvalue weighted by Gasteiger charge is -1.96. The van der Waals surface area contributed by atoms with Crippen molar-refractivity contribution in [1.82, 2.24) is 4.83 Å². The highest BCUT2D eigenvalue weighted by molar-refractivity contribution is 7.88. The van der Waals surface area contributed by atoms with E-state index in [1.54, 1.807) is 13.0 Å². The van der Waals surface area contributed by atoms with Crippen LogP contribution >= 0.6 is 0 Å². The third kappa shape index (κ3) is 5.31. The molecule has 0 spiro atoms. The standard InChI is InChI=1S/C11H14N2O2S/c1-10(12-13-16(2,14)15)8-9-11-6-4-3-5-7-11/h3-9,13H,1-2H3/b9-8+,12-10-. The quantitative estimate of drug-likeness (QED) is 0.640. The van der Waals surface area contributed by atoms with E-state index in [4.69, 9.17) is 0 Å². The van der Waals surface area contributed by atoms with Crippen LogP contribution in [0.4, 0.5) is 0 Å². The van der Waals surface area contributed by atoms with Gasteiger partial charge in [-0.1, -0.05) is 36.4 Å². The van der Waals surface area contributed by atoms with E-state index in [1.807, 2.05) is 36.4 Å². The van der Waals surface area contributed by atoms with Crippen LogP contribution in [-0.4, -0.2) is 20.4 Å². The minimum absolute atomic E-state index is 0.592. The molecule has 0 atom stereocenters. The van der Waals surface area contributed by atoms with Gasteiger partial charge in [0, 0.05) is 0 Å². The van der Waals surface area contributed by atoms with Crippen molar-refractivity contribution in [3.8, 4) is 0 Å². The van der Waals surface area contributed by atoms with E-state index in [-0.39, 0.29) is 0 Å². The smallest absolute Gasteiger partial charge is 0.206 e. The Labute approximate surface area is 95.7 Å². The fraction of sp³-hybridized carbons (Fsp3) is 0.182. The molecule has 0 aliphatic rings. The Hall–Kier alpha value is -1.62. The van der Waals surface area contributed by atoms with Crippen LogP contribution in [0.25, 0.3) is 6.08 Å². The van der Waals surface area contributed by atoms with Gasteiger partial charge in [0.25, 0.3) is 0 Å². The first-order chi connectivity index (χ1) is 7.47. The lowest BCUT2D eigenvalue weighted by atomic mass is 10.2. The molecule has 0 unspecified atom stereocenters. The summed E-state index contributed by atoms with van der Waals surface area (Å²) in [6, 6.07) is 9.70. The first-order valence-electron chi connectivity index (χ1n) is 4.71. The van der Waals surface area contributed by atoms with Gasteiger partial charge < -0.3 is 0 Å². The Kier molecular flexibility index (Phi) is 4.25. The van der Waals surface area contributed by atoms with Crippen LogP contribution in [-0.2, 0) is 10.0 Å². The van der Waals surface area contributed by atoms with Crippen LogP contribution < -0.4 is 4.83 Å². The molecule has 0 saturated heterocycles. The average Bonchev–Trinajstić information content (AvgIpc) is 2.24. The van der Waals surface area contributed by atoms with Gasteiger partial charge in [-0.05, 0) is 18.6 Å². The molecule has 1 N–H and O–H groups in total. The van der Waals surface area contributed by atoms with Crippen LogP contribution in [0.2, 0.25) is 0 Å². The minimum Gasteiger partial charge on any atom is -0.206 e. The van der Waals surface area contributed by atoms with E-state index >= 15 is 0 Å². The summed E-state index contributed by atoms with van der Waals surface area (Å²) in [5, 5.41) is 3.70. The monoisotopic (exact) mass is 238 g/mol. The SMILES string of the molecule is CC(/C=C/c1ccccc1)=N/NS(C)(=O)=O. The maximum absolute atomic E-state index is 10.8. The van der Waals surface area contributed by atoms with Gasteiger partial charge in [-0.15, -0.1) is 0 Å².